The Hall–Kier alpha value is -3.06. The van der Waals surface area contributed by atoms with Crippen molar-refractivity contribution in [3.63, 3.8) is 0 Å². The normalized spacial score (nSPS) is 14.5. The summed E-state index contributed by atoms with van der Waals surface area (Å²) in [5.74, 6) is 1.67. The highest BCUT2D eigenvalue weighted by Gasteiger charge is 2.15. The molecule has 0 saturated heterocycles. The van der Waals surface area contributed by atoms with Crippen molar-refractivity contribution in [2.75, 3.05) is 39.1 Å². The van der Waals surface area contributed by atoms with Gasteiger partial charge in [-0.2, -0.15) is 0 Å². The number of amides is 1. The third kappa shape index (κ3) is 7.27. The summed E-state index contributed by atoms with van der Waals surface area (Å²) in [4.78, 5) is 18.1. The van der Waals surface area contributed by atoms with Crippen molar-refractivity contribution in [2.24, 2.45) is 4.99 Å². The van der Waals surface area contributed by atoms with Crippen LogP contribution >= 0.6 is 0 Å². The van der Waals surface area contributed by atoms with Crippen LogP contribution in [0.25, 0.3) is 0 Å². The van der Waals surface area contributed by atoms with E-state index in [1.165, 1.54) is 5.56 Å². The SMILES string of the molecule is CN=C(NCCOc1ccc2c(c1)CCC(=O)N2)NCCC(C)N(C)Cc1ccccc1. The minimum atomic E-state index is 0.0754. The Kier molecular flexibility index (Phi) is 8.92. The van der Waals surface area contributed by atoms with E-state index in [2.05, 4.69) is 64.1 Å². The highest BCUT2D eigenvalue weighted by atomic mass is 16.5. The first-order valence-electron chi connectivity index (χ1n) is 11.3. The van der Waals surface area contributed by atoms with E-state index < -0.39 is 0 Å². The number of rotatable bonds is 10. The van der Waals surface area contributed by atoms with Crippen LogP contribution < -0.4 is 20.7 Å². The summed E-state index contributed by atoms with van der Waals surface area (Å²) in [6.07, 6.45) is 2.30. The van der Waals surface area contributed by atoms with E-state index in [1.807, 2.05) is 24.3 Å². The molecule has 1 aliphatic rings. The van der Waals surface area contributed by atoms with Crippen LogP contribution in [-0.4, -0.2) is 56.6 Å². The van der Waals surface area contributed by atoms with Crippen LogP contribution in [0.4, 0.5) is 5.69 Å². The van der Waals surface area contributed by atoms with E-state index in [1.54, 1.807) is 7.05 Å². The summed E-state index contributed by atoms with van der Waals surface area (Å²) in [7, 11) is 3.94. The van der Waals surface area contributed by atoms with Crippen molar-refractivity contribution in [3.05, 3.63) is 59.7 Å². The number of nitrogens with zero attached hydrogens (tertiary/aromatic N) is 2. The van der Waals surface area contributed by atoms with E-state index in [0.29, 0.717) is 25.6 Å². The average Bonchev–Trinajstić information content (AvgIpc) is 2.81. The summed E-state index contributed by atoms with van der Waals surface area (Å²) in [6, 6.07) is 16.8. The second-order valence-corrected chi connectivity index (χ2v) is 8.18. The number of anilines is 1. The average molecular weight is 438 g/mol. The number of fused-ring (bicyclic) bond motifs is 1. The lowest BCUT2D eigenvalue weighted by molar-refractivity contribution is -0.116. The number of nitrogens with one attached hydrogen (secondary N) is 3. The Labute approximate surface area is 191 Å². The fourth-order valence-electron chi connectivity index (χ4n) is 3.66. The van der Waals surface area contributed by atoms with Gasteiger partial charge in [0.1, 0.15) is 12.4 Å². The van der Waals surface area contributed by atoms with Crippen LogP contribution in [0.2, 0.25) is 0 Å². The molecule has 0 spiro atoms. The molecule has 172 valence electrons. The van der Waals surface area contributed by atoms with Crippen molar-refractivity contribution in [3.8, 4) is 5.75 Å². The molecule has 7 nitrogen and oxygen atoms in total. The molecule has 0 saturated carbocycles. The van der Waals surface area contributed by atoms with Gasteiger partial charge in [-0.3, -0.25) is 14.7 Å². The summed E-state index contributed by atoms with van der Waals surface area (Å²) in [6.45, 7) is 5.22. The van der Waals surface area contributed by atoms with Gasteiger partial charge in [-0.25, -0.2) is 0 Å². The number of carbonyl (C=O) groups is 1. The Morgan fingerprint density at radius 1 is 1.16 bits per heavy atom. The van der Waals surface area contributed by atoms with E-state index >= 15 is 0 Å². The van der Waals surface area contributed by atoms with Gasteiger partial charge in [0.2, 0.25) is 5.91 Å². The second-order valence-electron chi connectivity index (χ2n) is 8.18. The second kappa shape index (κ2) is 12.1. The molecule has 1 atom stereocenters. The number of benzene rings is 2. The molecular weight excluding hydrogens is 402 g/mol. The predicted octanol–water partition coefficient (Wildman–Crippen LogP) is 3.03. The summed E-state index contributed by atoms with van der Waals surface area (Å²) >= 11 is 0. The summed E-state index contributed by atoms with van der Waals surface area (Å²) < 4.78 is 5.86. The van der Waals surface area contributed by atoms with Crippen molar-refractivity contribution in [2.45, 2.75) is 38.8 Å². The zero-order chi connectivity index (χ0) is 22.8. The largest absolute Gasteiger partial charge is 0.492 e. The zero-order valence-electron chi connectivity index (χ0n) is 19.4. The number of guanidine groups is 1. The molecule has 2 aromatic carbocycles. The monoisotopic (exact) mass is 437 g/mol. The Bertz CT molecular complexity index is 900. The quantitative estimate of drug-likeness (QED) is 0.303. The fraction of sp³-hybridized carbons (Fsp3) is 0.440. The molecular formula is C25H35N5O2. The molecule has 3 rings (SSSR count). The summed E-state index contributed by atoms with van der Waals surface area (Å²) in [5, 5.41) is 9.56. The van der Waals surface area contributed by atoms with Crippen LogP contribution in [0.1, 0.15) is 30.9 Å². The van der Waals surface area contributed by atoms with Crippen LogP contribution in [-0.2, 0) is 17.8 Å². The van der Waals surface area contributed by atoms with Gasteiger partial charge in [-0.05, 0) is 56.1 Å². The van der Waals surface area contributed by atoms with Crippen LogP contribution in [0.3, 0.4) is 0 Å². The topological polar surface area (TPSA) is 78.0 Å². The van der Waals surface area contributed by atoms with Gasteiger partial charge < -0.3 is 20.7 Å². The Morgan fingerprint density at radius 2 is 1.94 bits per heavy atom. The third-order valence-corrected chi connectivity index (χ3v) is 5.74. The number of hydrogen-bond donors (Lipinski definition) is 3. The molecule has 0 bridgehead atoms. The maximum Gasteiger partial charge on any atom is 0.224 e. The van der Waals surface area contributed by atoms with E-state index in [4.69, 9.17) is 4.74 Å². The van der Waals surface area contributed by atoms with Crippen molar-refractivity contribution in [1.82, 2.24) is 15.5 Å². The van der Waals surface area contributed by atoms with Crippen LogP contribution in [0, 0.1) is 0 Å². The van der Waals surface area contributed by atoms with Crippen molar-refractivity contribution >= 4 is 17.6 Å². The van der Waals surface area contributed by atoms with Crippen LogP contribution in [0.15, 0.2) is 53.5 Å². The molecule has 0 radical (unpaired) electrons. The van der Waals surface area contributed by atoms with Gasteiger partial charge in [-0.1, -0.05) is 30.3 Å². The molecule has 32 heavy (non-hydrogen) atoms. The first-order chi connectivity index (χ1) is 15.5. The molecule has 7 heteroatoms. The molecule has 1 aliphatic heterocycles. The zero-order valence-corrected chi connectivity index (χ0v) is 19.4. The standard InChI is InChI=1S/C25H35N5O2/c1-19(30(3)18-20-7-5-4-6-8-20)13-14-27-25(26-2)28-15-16-32-22-10-11-23-21(17-22)9-12-24(31)29-23/h4-8,10-11,17,19H,9,12-16,18H2,1-3H3,(H,29,31)(H2,26,27,28). The lowest BCUT2D eigenvalue weighted by Gasteiger charge is -2.25. The first kappa shape index (κ1) is 23.6. The maximum absolute atomic E-state index is 11.5. The third-order valence-electron chi connectivity index (χ3n) is 5.74. The lowest BCUT2D eigenvalue weighted by atomic mass is 10.0. The maximum atomic E-state index is 11.5. The van der Waals surface area contributed by atoms with Gasteiger partial charge in [0.05, 0.1) is 6.54 Å². The Morgan fingerprint density at radius 3 is 2.72 bits per heavy atom. The minimum Gasteiger partial charge on any atom is -0.492 e. The number of aryl methyl sites for hydroxylation is 1. The van der Waals surface area contributed by atoms with Gasteiger partial charge in [0.15, 0.2) is 5.96 Å². The van der Waals surface area contributed by atoms with Gasteiger partial charge in [0.25, 0.3) is 0 Å². The minimum absolute atomic E-state index is 0.0754. The Balaban J connectivity index is 1.32. The van der Waals surface area contributed by atoms with Gasteiger partial charge in [-0.15, -0.1) is 0 Å². The fourth-order valence-corrected chi connectivity index (χ4v) is 3.66. The number of carbonyl (C=O) groups excluding carboxylic acids is 1. The molecule has 0 fully saturated rings. The van der Waals surface area contributed by atoms with E-state index in [9.17, 15) is 4.79 Å². The van der Waals surface area contributed by atoms with Gasteiger partial charge >= 0.3 is 0 Å². The lowest BCUT2D eigenvalue weighted by Crippen LogP contribution is -2.41. The first-order valence-corrected chi connectivity index (χ1v) is 11.3. The summed E-state index contributed by atoms with van der Waals surface area (Å²) in [5.41, 5.74) is 3.34. The van der Waals surface area contributed by atoms with Gasteiger partial charge in [0, 0.05) is 38.3 Å². The predicted molar refractivity (Wildman–Crippen MR) is 130 cm³/mol. The molecule has 3 N–H and O–H groups in total. The molecule has 1 amide bonds. The molecule has 0 aliphatic carbocycles. The van der Waals surface area contributed by atoms with E-state index in [-0.39, 0.29) is 5.91 Å². The molecule has 0 aromatic heterocycles. The van der Waals surface area contributed by atoms with E-state index in [0.717, 1.165) is 48.9 Å². The molecule has 1 unspecified atom stereocenters. The number of aliphatic imine (C=N–C) groups is 1. The highest BCUT2D eigenvalue weighted by Crippen LogP contribution is 2.26. The smallest absolute Gasteiger partial charge is 0.224 e. The van der Waals surface area contributed by atoms with Crippen molar-refractivity contribution < 1.29 is 9.53 Å². The molecule has 2 aromatic rings. The number of ether oxygens (including phenoxy) is 1. The molecule has 1 heterocycles. The van der Waals surface area contributed by atoms with Crippen molar-refractivity contribution in [1.29, 1.82) is 0 Å². The number of hydrogen-bond acceptors (Lipinski definition) is 4. The highest BCUT2D eigenvalue weighted by molar-refractivity contribution is 5.94. The van der Waals surface area contributed by atoms with Crippen LogP contribution in [0.5, 0.6) is 5.75 Å².